The highest BCUT2D eigenvalue weighted by Gasteiger charge is 2.00. The molecular formula is C9H9N2O2-. The number of nitriles is 1. The largest absolute Gasteiger partial charge is 0.761 e. The number of anilines is 1. The fourth-order valence-corrected chi connectivity index (χ4v) is 1.03. The average molecular weight is 177 g/mol. The van der Waals surface area contributed by atoms with Gasteiger partial charge in [-0.25, -0.2) is 0 Å². The summed E-state index contributed by atoms with van der Waals surface area (Å²) in [7, 11) is 1.54. The van der Waals surface area contributed by atoms with Crippen molar-refractivity contribution in [1.29, 1.82) is 5.26 Å². The second-order valence-corrected chi connectivity index (χ2v) is 2.46. The Kier molecular flexibility index (Phi) is 3.12. The lowest BCUT2D eigenvalue weighted by Crippen LogP contribution is -1.94. The molecule has 0 atom stereocenters. The molecule has 1 aromatic carbocycles. The average Bonchev–Trinajstić information content (AvgIpc) is 2.18. The van der Waals surface area contributed by atoms with E-state index >= 15 is 0 Å². The Morgan fingerprint density at radius 2 is 2.38 bits per heavy atom. The Balaban J connectivity index is 3.04. The number of methoxy groups -OCH3 is 1. The first-order valence-corrected chi connectivity index (χ1v) is 3.74. The molecule has 1 N–H and O–H groups in total. The van der Waals surface area contributed by atoms with Gasteiger partial charge in [-0.3, -0.25) is 0 Å². The van der Waals surface area contributed by atoms with E-state index in [1.54, 1.807) is 23.7 Å². The molecule has 4 nitrogen and oxygen atoms in total. The van der Waals surface area contributed by atoms with Gasteiger partial charge in [0.2, 0.25) is 0 Å². The molecule has 68 valence electrons. The summed E-state index contributed by atoms with van der Waals surface area (Å²) >= 11 is 0. The molecule has 0 unspecified atom stereocenters. The summed E-state index contributed by atoms with van der Waals surface area (Å²) in [4.78, 5) is 0. The lowest BCUT2D eigenvalue weighted by atomic mass is 10.1. The van der Waals surface area contributed by atoms with Gasteiger partial charge in [0, 0.05) is 5.69 Å². The quantitative estimate of drug-likeness (QED) is 0.713. The van der Waals surface area contributed by atoms with Crippen molar-refractivity contribution in [3.63, 3.8) is 0 Å². The number of rotatable bonds is 3. The first-order valence-electron chi connectivity index (χ1n) is 3.74. The van der Waals surface area contributed by atoms with Crippen LogP contribution in [0.3, 0.4) is 0 Å². The van der Waals surface area contributed by atoms with Crippen LogP contribution in [0, 0.1) is 16.5 Å². The highest BCUT2D eigenvalue weighted by molar-refractivity contribution is 5.55. The molecule has 0 saturated carbocycles. The first-order chi connectivity index (χ1) is 6.31. The normalized spacial score (nSPS) is 9.00. The highest BCUT2D eigenvalue weighted by atomic mass is 16.5. The lowest BCUT2D eigenvalue weighted by Gasteiger charge is -2.13. The fourth-order valence-electron chi connectivity index (χ4n) is 1.03. The van der Waals surface area contributed by atoms with Gasteiger partial charge in [0.1, 0.15) is 5.75 Å². The molecule has 0 saturated heterocycles. The van der Waals surface area contributed by atoms with Crippen LogP contribution in [0.4, 0.5) is 5.69 Å². The van der Waals surface area contributed by atoms with Crippen LogP contribution in [0.1, 0.15) is 5.56 Å². The van der Waals surface area contributed by atoms with Crippen molar-refractivity contribution < 1.29 is 4.74 Å². The molecule has 13 heavy (non-hydrogen) atoms. The highest BCUT2D eigenvalue weighted by Crippen LogP contribution is 2.21. The molecule has 1 rings (SSSR count). The molecule has 0 aliphatic heterocycles. The monoisotopic (exact) mass is 177 g/mol. The van der Waals surface area contributed by atoms with Gasteiger partial charge in [0.25, 0.3) is 0 Å². The van der Waals surface area contributed by atoms with Gasteiger partial charge in [-0.15, -0.1) is 0 Å². The number of benzene rings is 1. The summed E-state index contributed by atoms with van der Waals surface area (Å²) in [5.74, 6) is 0.643. The summed E-state index contributed by atoms with van der Waals surface area (Å²) in [6, 6.07) is 6.91. The van der Waals surface area contributed by atoms with Gasteiger partial charge in [0.05, 0.1) is 19.6 Å². The number of nitrogens with zero attached hydrogens (tertiary/aromatic N) is 1. The molecule has 0 aliphatic carbocycles. The zero-order chi connectivity index (χ0) is 9.68. The van der Waals surface area contributed by atoms with Crippen LogP contribution in [0.25, 0.3) is 0 Å². The van der Waals surface area contributed by atoms with Gasteiger partial charge in [-0.2, -0.15) is 5.26 Å². The molecule has 0 bridgehead atoms. The molecule has 0 spiro atoms. The maximum Gasteiger partial charge on any atom is 0.119 e. The Hall–Kier alpha value is -1.73. The maximum absolute atomic E-state index is 10.4. The van der Waals surface area contributed by atoms with Gasteiger partial charge < -0.3 is 15.4 Å². The van der Waals surface area contributed by atoms with Crippen LogP contribution in [0.15, 0.2) is 18.2 Å². The minimum absolute atomic E-state index is 0.196. The van der Waals surface area contributed by atoms with E-state index in [9.17, 15) is 5.21 Å². The number of hydrogen-bond donors (Lipinski definition) is 1. The van der Waals surface area contributed by atoms with Crippen LogP contribution < -0.4 is 10.2 Å². The third-order valence-electron chi connectivity index (χ3n) is 1.69. The predicted octanol–water partition coefficient (Wildman–Crippen LogP) is 1.67. The number of hydrogen-bond acceptors (Lipinski definition) is 4. The summed E-state index contributed by atoms with van der Waals surface area (Å²) in [5, 5.41) is 18.9. The van der Waals surface area contributed by atoms with Crippen LogP contribution >= 0.6 is 0 Å². The lowest BCUT2D eigenvalue weighted by molar-refractivity contribution is 0.414. The van der Waals surface area contributed by atoms with Gasteiger partial charge in [0.15, 0.2) is 0 Å². The Morgan fingerprint density at radius 1 is 1.62 bits per heavy atom. The Bertz CT molecular complexity index is 331. The zero-order valence-electron chi connectivity index (χ0n) is 7.20. The minimum atomic E-state index is 0.196. The van der Waals surface area contributed by atoms with Crippen molar-refractivity contribution in [2.24, 2.45) is 0 Å². The minimum Gasteiger partial charge on any atom is -0.761 e. The fraction of sp³-hybridized carbons (Fsp3) is 0.222. The van der Waals surface area contributed by atoms with E-state index in [1.807, 2.05) is 6.07 Å². The molecule has 1 aromatic rings. The molecule has 4 heteroatoms. The van der Waals surface area contributed by atoms with Crippen molar-refractivity contribution in [1.82, 2.24) is 0 Å². The molecule has 0 aromatic heterocycles. The van der Waals surface area contributed by atoms with Crippen molar-refractivity contribution in [2.45, 2.75) is 6.42 Å². The van der Waals surface area contributed by atoms with Crippen LogP contribution in [0.2, 0.25) is 0 Å². The van der Waals surface area contributed by atoms with Crippen LogP contribution in [0.5, 0.6) is 5.75 Å². The van der Waals surface area contributed by atoms with Crippen molar-refractivity contribution in [3.05, 3.63) is 29.0 Å². The van der Waals surface area contributed by atoms with E-state index in [0.29, 0.717) is 17.0 Å². The predicted molar refractivity (Wildman–Crippen MR) is 49.3 cm³/mol. The van der Waals surface area contributed by atoms with Gasteiger partial charge in [-0.05, 0) is 23.8 Å². The maximum atomic E-state index is 10.4. The standard InChI is InChI=1S/C9H9N2O2/c1-13-8-2-3-9(11-12)7(6-8)4-5-10/h2-3,6,11H,4H2,1H3/q-1. The van der Waals surface area contributed by atoms with Crippen LogP contribution in [-0.2, 0) is 6.42 Å². The Labute approximate surface area is 76.3 Å². The summed E-state index contributed by atoms with van der Waals surface area (Å²) in [6.45, 7) is 0. The van der Waals surface area contributed by atoms with E-state index in [1.165, 1.54) is 7.11 Å². The number of nitrogens with one attached hydrogen (secondary N) is 1. The topological polar surface area (TPSA) is 68.1 Å². The summed E-state index contributed by atoms with van der Waals surface area (Å²) in [6.07, 6.45) is 0.196. The van der Waals surface area contributed by atoms with Crippen molar-refractivity contribution >= 4 is 5.69 Å². The zero-order valence-corrected chi connectivity index (χ0v) is 7.20. The third-order valence-corrected chi connectivity index (χ3v) is 1.69. The molecule has 0 radical (unpaired) electrons. The van der Waals surface area contributed by atoms with Crippen molar-refractivity contribution in [2.75, 3.05) is 12.6 Å². The Morgan fingerprint density at radius 3 is 2.92 bits per heavy atom. The summed E-state index contributed by atoms with van der Waals surface area (Å²) < 4.78 is 4.96. The number of ether oxygens (including phenoxy) is 1. The first kappa shape index (κ1) is 9.36. The van der Waals surface area contributed by atoms with E-state index in [-0.39, 0.29) is 6.42 Å². The van der Waals surface area contributed by atoms with E-state index < -0.39 is 0 Å². The third kappa shape index (κ3) is 2.10. The van der Waals surface area contributed by atoms with E-state index in [4.69, 9.17) is 10.00 Å². The van der Waals surface area contributed by atoms with Crippen LogP contribution in [-0.4, -0.2) is 7.11 Å². The molecule has 0 aliphatic rings. The van der Waals surface area contributed by atoms with Gasteiger partial charge >= 0.3 is 0 Å². The SMILES string of the molecule is COc1ccc(N[O-])c(CC#N)c1. The van der Waals surface area contributed by atoms with E-state index in [2.05, 4.69) is 0 Å². The summed E-state index contributed by atoms with van der Waals surface area (Å²) in [5.41, 5.74) is 2.84. The molecule has 0 fully saturated rings. The molecular weight excluding hydrogens is 168 g/mol. The van der Waals surface area contributed by atoms with Crippen molar-refractivity contribution in [3.8, 4) is 11.8 Å². The second-order valence-electron chi connectivity index (χ2n) is 2.46. The molecule has 0 amide bonds. The smallest absolute Gasteiger partial charge is 0.119 e. The second kappa shape index (κ2) is 4.33. The molecule has 0 heterocycles. The van der Waals surface area contributed by atoms with E-state index in [0.717, 1.165) is 0 Å². The van der Waals surface area contributed by atoms with Gasteiger partial charge in [-0.1, -0.05) is 0 Å².